The summed E-state index contributed by atoms with van der Waals surface area (Å²) in [4.78, 5) is 12.7. The van der Waals surface area contributed by atoms with Crippen LogP contribution < -0.4 is 0 Å². The number of hydrogen-bond donors (Lipinski definition) is 0. The first-order chi connectivity index (χ1) is 11.1. The number of ketones is 1. The van der Waals surface area contributed by atoms with E-state index in [4.69, 9.17) is 4.74 Å². The Morgan fingerprint density at radius 1 is 1.30 bits per heavy atom. The summed E-state index contributed by atoms with van der Waals surface area (Å²) in [5.74, 6) is 0.482. The minimum absolute atomic E-state index is 0.116. The lowest BCUT2D eigenvalue weighted by Gasteiger charge is -2.25. The quantitative estimate of drug-likeness (QED) is 0.700. The van der Waals surface area contributed by atoms with Crippen molar-refractivity contribution in [2.45, 2.75) is 33.1 Å². The molecule has 0 aromatic heterocycles. The second-order valence-corrected chi connectivity index (χ2v) is 5.37. The van der Waals surface area contributed by atoms with Crippen LogP contribution >= 0.6 is 0 Å². The molecule has 2 nitrogen and oxygen atoms in total. The van der Waals surface area contributed by atoms with E-state index in [0.717, 1.165) is 17.6 Å². The van der Waals surface area contributed by atoms with Crippen molar-refractivity contribution in [1.29, 1.82) is 0 Å². The molecule has 0 N–H and O–H groups in total. The minimum Gasteiger partial charge on any atom is -0.492 e. The van der Waals surface area contributed by atoms with Crippen molar-refractivity contribution in [2.75, 3.05) is 6.61 Å². The molecule has 0 radical (unpaired) electrons. The Morgan fingerprint density at radius 2 is 1.91 bits per heavy atom. The van der Waals surface area contributed by atoms with Gasteiger partial charge in [0.05, 0.1) is 11.5 Å². The maximum atomic E-state index is 12.7. The molecule has 0 amide bonds. The molecule has 0 spiro atoms. The molecule has 2 rings (SSSR count). The standard InChI is InChI=1S/C18H20O2.C3H6/c1-4-13(3)11-15-17(5-2)20-12-16(18(15)19)14-9-7-6-8-10-14;1-3-2/h5-11,16H,2,4,12H2,1,3H3;3H,1H2,2H3/b13-11+;. The first kappa shape index (κ1) is 18.7. The lowest BCUT2D eigenvalue weighted by atomic mass is 9.88. The molecule has 1 heterocycles. The van der Waals surface area contributed by atoms with Crippen LogP contribution in [-0.2, 0) is 9.53 Å². The number of carbonyl (C=O) groups excluding carboxylic acids is 1. The van der Waals surface area contributed by atoms with Gasteiger partial charge in [-0.1, -0.05) is 55.5 Å². The van der Waals surface area contributed by atoms with Crippen molar-refractivity contribution in [2.24, 2.45) is 0 Å². The topological polar surface area (TPSA) is 26.3 Å². The molecule has 0 fully saturated rings. The van der Waals surface area contributed by atoms with Gasteiger partial charge in [-0.05, 0) is 38.0 Å². The summed E-state index contributed by atoms with van der Waals surface area (Å²) in [6.07, 6.45) is 6.21. The van der Waals surface area contributed by atoms with Gasteiger partial charge in [0.1, 0.15) is 12.4 Å². The smallest absolute Gasteiger partial charge is 0.177 e. The van der Waals surface area contributed by atoms with Gasteiger partial charge >= 0.3 is 0 Å². The fourth-order valence-corrected chi connectivity index (χ4v) is 2.23. The largest absolute Gasteiger partial charge is 0.492 e. The number of benzene rings is 1. The zero-order chi connectivity index (χ0) is 17.2. The zero-order valence-corrected chi connectivity index (χ0v) is 14.3. The van der Waals surface area contributed by atoms with E-state index in [1.165, 1.54) is 0 Å². The van der Waals surface area contributed by atoms with Crippen molar-refractivity contribution in [3.05, 3.63) is 84.2 Å². The van der Waals surface area contributed by atoms with Crippen molar-refractivity contribution in [1.82, 2.24) is 0 Å². The fraction of sp³-hybridized carbons (Fsp3) is 0.286. The summed E-state index contributed by atoms with van der Waals surface area (Å²) in [5.41, 5.74) is 2.80. The van der Waals surface area contributed by atoms with Gasteiger partial charge in [0, 0.05) is 0 Å². The molecule has 1 aromatic carbocycles. The van der Waals surface area contributed by atoms with Crippen LogP contribution in [-0.4, -0.2) is 12.4 Å². The number of carbonyl (C=O) groups is 1. The van der Waals surface area contributed by atoms with Crippen LogP contribution in [0.25, 0.3) is 0 Å². The second kappa shape index (κ2) is 9.62. The maximum Gasteiger partial charge on any atom is 0.177 e. The molecule has 2 heteroatoms. The van der Waals surface area contributed by atoms with Gasteiger partial charge in [0.2, 0.25) is 0 Å². The minimum atomic E-state index is -0.226. The van der Waals surface area contributed by atoms with Crippen LogP contribution in [0.5, 0.6) is 0 Å². The number of hydrogen-bond acceptors (Lipinski definition) is 2. The number of ether oxygens (including phenoxy) is 1. The van der Waals surface area contributed by atoms with E-state index in [0.29, 0.717) is 17.9 Å². The van der Waals surface area contributed by atoms with Gasteiger partial charge in [0.15, 0.2) is 5.78 Å². The van der Waals surface area contributed by atoms with Crippen LogP contribution in [0.4, 0.5) is 0 Å². The lowest BCUT2D eigenvalue weighted by Crippen LogP contribution is -2.25. The first-order valence-electron chi connectivity index (χ1n) is 7.91. The summed E-state index contributed by atoms with van der Waals surface area (Å²) < 4.78 is 5.72. The van der Waals surface area contributed by atoms with Crippen molar-refractivity contribution in [3.63, 3.8) is 0 Å². The van der Waals surface area contributed by atoms with Gasteiger partial charge < -0.3 is 4.74 Å². The summed E-state index contributed by atoms with van der Waals surface area (Å²) in [6, 6.07) is 9.78. The highest BCUT2D eigenvalue weighted by Gasteiger charge is 2.30. The summed E-state index contributed by atoms with van der Waals surface area (Å²) in [7, 11) is 0. The van der Waals surface area contributed by atoms with Crippen LogP contribution in [0.2, 0.25) is 0 Å². The molecule has 1 aromatic rings. The van der Waals surface area contributed by atoms with Crippen LogP contribution in [0.1, 0.15) is 38.7 Å². The van der Waals surface area contributed by atoms with E-state index in [-0.39, 0.29) is 11.7 Å². The SMILES string of the molecule is C=CC.C=CC1=C(/C=C(\C)CC)C(=O)C(c2ccccc2)CO1. The third kappa shape index (κ3) is 5.10. The summed E-state index contributed by atoms with van der Waals surface area (Å²) in [6.45, 7) is 13.5. The number of allylic oxidation sites excluding steroid dienone is 5. The van der Waals surface area contributed by atoms with E-state index in [2.05, 4.69) is 20.1 Å². The molecular formula is C21H26O2. The molecule has 0 saturated carbocycles. The normalized spacial score (nSPS) is 17.8. The molecule has 23 heavy (non-hydrogen) atoms. The van der Waals surface area contributed by atoms with Crippen molar-refractivity contribution >= 4 is 5.78 Å². The average molecular weight is 310 g/mol. The molecule has 0 saturated heterocycles. The average Bonchev–Trinajstić information content (AvgIpc) is 2.58. The van der Waals surface area contributed by atoms with Gasteiger partial charge in [-0.3, -0.25) is 4.79 Å². The third-order valence-corrected chi connectivity index (χ3v) is 3.59. The molecule has 0 aliphatic carbocycles. The predicted molar refractivity (Wildman–Crippen MR) is 97.3 cm³/mol. The highest BCUT2D eigenvalue weighted by molar-refractivity contribution is 6.04. The maximum absolute atomic E-state index is 12.7. The van der Waals surface area contributed by atoms with Gasteiger partial charge in [-0.15, -0.1) is 6.58 Å². The Morgan fingerprint density at radius 3 is 2.43 bits per heavy atom. The molecule has 122 valence electrons. The second-order valence-electron chi connectivity index (χ2n) is 5.37. The highest BCUT2D eigenvalue weighted by atomic mass is 16.5. The Bertz CT molecular complexity index is 606. The summed E-state index contributed by atoms with van der Waals surface area (Å²) >= 11 is 0. The Balaban J connectivity index is 0.000000816. The van der Waals surface area contributed by atoms with E-state index in [1.807, 2.05) is 50.3 Å². The predicted octanol–water partition coefficient (Wildman–Crippen LogP) is 5.36. The monoisotopic (exact) mass is 310 g/mol. The third-order valence-electron chi connectivity index (χ3n) is 3.59. The Labute approximate surface area is 139 Å². The van der Waals surface area contributed by atoms with Crippen molar-refractivity contribution in [3.8, 4) is 0 Å². The molecule has 1 unspecified atom stereocenters. The van der Waals surface area contributed by atoms with E-state index in [1.54, 1.807) is 12.2 Å². The Hall–Kier alpha value is -2.35. The molecule has 1 aliphatic rings. The van der Waals surface area contributed by atoms with Crippen molar-refractivity contribution < 1.29 is 9.53 Å². The molecule has 1 aliphatic heterocycles. The Kier molecular flexibility index (Phi) is 7.82. The first-order valence-corrected chi connectivity index (χ1v) is 7.91. The van der Waals surface area contributed by atoms with Gasteiger partial charge in [-0.2, -0.15) is 0 Å². The fourth-order valence-electron chi connectivity index (χ4n) is 2.23. The van der Waals surface area contributed by atoms with E-state index < -0.39 is 0 Å². The highest BCUT2D eigenvalue weighted by Crippen LogP contribution is 2.30. The lowest BCUT2D eigenvalue weighted by molar-refractivity contribution is -0.119. The molecular weight excluding hydrogens is 284 g/mol. The summed E-state index contributed by atoms with van der Waals surface area (Å²) in [5, 5.41) is 0. The number of Topliss-reactive ketones (excluding diaryl/α,β-unsaturated/α-hetero) is 1. The van der Waals surface area contributed by atoms with Crippen LogP contribution in [0.15, 0.2) is 78.6 Å². The molecule has 1 atom stereocenters. The van der Waals surface area contributed by atoms with E-state index in [9.17, 15) is 4.79 Å². The molecule has 0 bridgehead atoms. The van der Waals surface area contributed by atoms with Gasteiger partial charge in [0.25, 0.3) is 0 Å². The van der Waals surface area contributed by atoms with Crippen LogP contribution in [0, 0.1) is 0 Å². The number of rotatable bonds is 4. The zero-order valence-electron chi connectivity index (χ0n) is 14.3. The van der Waals surface area contributed by atoms with Gasteiger partial charge in [-0.25, -0.2) is 0 Å². The van der Waals surface area contributed by atoms with Crippen LogP contribution in [0.3, 0.4) is 0 Å². The van der Waals surface area contributed by atoms with E-state index >= 15 is 0 Å².